The smallest absolute Gasteiger partial charge is 0.408 e. The lowest BCUT2D eigenvalue weighted by molar-refractivity contribution is -0.159. The first-order chi connectivity index (χ1) is 21.3. The van der Waals surface area contributed by atoms with E-state index in [2.05, 4.69) is 16.0 Å². The van der Waals surface area contributed by atoms with Gasteiger partial charge in [0.1, 0.15) is 35.1 Å². The highest BCUT2D eigenvalue weighted by Gasteiger charge is 2.37. The molecule has 4 atom stereocenters. The van der Waals surface area contributed by atoms with Crippen LogP contribution in [0.2, 0.25) is 5.02 Å². The largest absolute Gasteiger partial charge is 0.504 e. The number of carbonyl (C=O) groups is 4. The van der Waals surface area contributed by atoms with Gasteiger partial charge >= 0.3 is 12.1 Å². The van der Waals surface area contributed by atoms with Crippen molar-refractivity contribution in [2.24, 2.45) is 0 Å². The third-order valence-corrected chi connectivity index (χ3v) is 6.54. The van der Waals surface area contributed by atoms with Gasteiger partial charge in [0.25, 0.3) is 0 Å². The van der Waals surface area contributed by atoms with E-state index < -0.39 is 71.5 Å². The predicted octanol–water partition coefficient (Wildman–Crippen LogP) is 3.68. The van der Waals surface area contributed by atoms with E-state index in [-0.39, 0.29) is 33.4 Å². The number of fused-ring (bicyclic) bond motifs is 9. The minimum Gasteiger partial charge on any atom is -0.504 e. The molecule has 0 spiro atoms. The van der Waals surface area contributed by atoms with E-state index >= 15 is 0 Å². The molecule has 0 saturated heterocycles. The Bertz CT molecular complexity index is 1540. The second kappa shape index (κ2) is 14.1. The number of esters is 1. The van der Waals surface area contributed by atoms with Crippen LogP contribution in [0.3, 0.4) is 0 Å². The van der Waals surface area contributed by atoms with Crippen LogP contribution in [0.1, 0.15) is 71.2 Å². The van der Waals surface area contributed by atoms with Crippen molar-refractivity contribution >= 4 is 35.5 Å². The minimum absolute atomic E-state index is 0.00216. The normalized spacial score (nSPS) is 20.3. The van der Waals surface area contributed by atoms with Gasteiger partial charge in [-0.05, 0) is 76.9 Å². The van der Waals surface area contributed by atoms with Gasteiger partial charge in [0.15, 0.2) is 17.5 Å². The van der Waals surface area contributed by atoms with Gasteiger partial charge in [0.05, 0.1) is 24.6 Å². The molecule has 4 bridgehead atoms. The van der Waals surface area contributed by atoms with E-state index in [1.807, 2.05) is 0 Å². The van der Waals surface area contributed by atoms with Crippen LogP contribution in [-0.2, 0) is 23.9 Å². The summed E-state index contributed by atoms with van der Waals surface area (Å²) in [6.45, 7) is 9.61. The SMILES string of the molecule is COc1c(O)cc2cc1Oc1ccc(cc1Cl)[C@H](O)[C@H](NC(=O)OC(C)(C)C)C(=O)N[C@H](CC#N)C(=O)N[C@H]2C(=O)OC(C)(C)C. The van der Waals surface area contributed by atoms with Crippen LogP contribution < -0.4 is 25.4 Å². The first kappa shape index (κ1) is 35.7. The number of nitriles is 1. The van der Waals surface area contributed by atoms with Crippen molar-refractivity contribution in [2.45, 2.75) is 83.4 Å². The monoisotopic (exact) mass is 660 g/mol. The zero-order valence-corrected chi connectivity index (χ0v) is 27.1. The Morgan fingerprint density at radius 3 is 2.22 bits per heavy atom. The molecule has 2 aliphatic rings. The maximum absolute atomic E-state index is 13.6. The van der Waals surface area contributed by atoms with Crippen molar-refractivity contribution in [1.29, 1.82) is 5.26 Å². The Kier molecular flexibility index (Phi) is 11.0. The van der Waals surface area contributed by atoms with Crippen LogP contribution in [0.5, 0.6) is 23.0 Å². The number of aliphatic hydroxyl groups is 1. The zero-order valence-electron chi connectivity index (χ0n) is 26.4. The molecule has 2 heterocycles. The van der Waals surface area contributed by atoms with Crippen molar-refractivity contribution in [1.82, 2.24) is 16.0 Å². The van der Waals surface area contributed by atoms with E-state index in [9.17, 15) is 34.7 Å². The number of alkyl carbamates (subject to hydrolysis) is 1. The van der Waals surface area contributed by atoms with Crippen LogP contribution >= 0.6 is 11.6 Å². The van der Waals surface area contributed by atoms with Gasteiger partial charge in [-0.3, -0.25) is 9.59 Å². The average molecular weight is 661 g/mol. The molecule has 3 amide bonds. The summed E-state index contributed by atoms with van der Waals surface area (Å²) in [6.07, 6.45) is -3.37. The summed E-state index contributed by atoms with van der Waals surface area (Å²) in [5.74, 6) is -3.66. The topological polar surface area (TPSA) is 206 Å². The maximum atomic E-state index is 13.6. The number of halogens is 1. The van der Waals surface area contributed by atoms with Crippen molar-refractivity contribution in [3.63, 3.8) is 0 Å². The zero-order chi connectivity index (χ0) is 34.6. The average Bonchev–Trinajstić information content (AvgIpc) is 2.92. The number of nitrogens with zero attached hydrogens (tertiary/aromatic N) is 1. The minimum atomic E-state index is -1.74. The lowest BCUT2D eigenvalue weighted by atomic mass is 10.00. The maximum Gasteiger partial charge on any atom is 0.408 e. The number of phenols is 1. The molecule has 0 unspecified atom stereocenters. The third-order valence-electron chi connectivity index (χ3n) is 6.24. The van der Waals surface area contributed by atoms with Crippen molar-refractivity contribution in [2.75, 3.05) is 7.11 Å². The summed E-state index contributed by atoms with van der Waals surface area (Å²) in [7, 11) is 1.27. The van der Waals surface area contributed by atoms with E-state index in [1.165, 1.54) is 31.4 Å². The van der Waals surface area contributed by atoms with Gasteiger partial charge in [0.2, 0.25) is 17.6 Å². The summed E-state index contributed by atoms with van der Waals surface area (Å²) in [5, 5.41) is 38.7. The van der Waals surface area contributed by atoms with Gasteiger partial charge in [0, 0.05) is 0 Å². The number of carbonyl (C=O) groups excluding carboxylic acids is 4. The van der Waals surface area contributed by atoms with Crippen molar-refractivity contribution in [3.05, 3.63) is 46.5 Å². The third kappa shape index (κ3) is 9.15. The Hall–Kier alpha value is -4.74. The molecule has 248 valence electrons. The fourth-order valence-corrected chi connectivity index (χ4v) is 4.54. The lowest BCUT2D eigenvalue weighted by Gasteiger charge is -2.29. The predicted molar refractivity (Wildman–Crippen MR) is 163 cm³/mol. The number of phenolic OH excluding ortho intramolecular Hbond substituents is 1. The molecule has 0 saturated carbocycles. The quantitative estimate of drug-likeness (QED) is 0.299. The molecule has 15 heteroatoms. The van der Waals surface area contributed by atoms with E-state index in [1.54, 1.807) is 47.6 Å². The molecule has 2 aromatic carbocycles. The van der Waals surface area contributed by atoms with Gasteiger partial charge in [-0.25, -0.2) is 9.59 Å². The number of methoxy groups -OCH3 is 1. The standard InChI is InChI=1S/C31H37ClN4O10/c1-30(2,3)45-28(41)22-16-13-19(37)25(43-7)21(14-16)44-20-9-8-15(12-17(20)32)24(38)23(36-29(42)46-31(4,5)6)27(40)34-18(10-11-33)26(39)35-22/h8-9,12-14,18,22-24,37-38H,10H2,1-7H3,(H,34,40)(H,35,39)(H,36,42)/t18-,22-,23+,24+/m1/s1. The fraction of sp³-hybridized carbons (Fsp3) is 0.452. The Labute approximate surface area is 270 Å². The Morgan fingerprint density at radius 2 is 1.65 bits per heavy atom. The number of aromatic hydroxyl groups is 1. The van der Waals surface area contributed by atoms with Gasteiger partial charge in [-0.15, -0.1) is 0 Å². The molecule has 2 aromatic rings. The summed E-state index contributed by atoms with van der Waals surface area (Å²) < 4.78 is 22.0. The molecule has 0 radical (unpaired) electrons. The Morgan fingerprint density at radius 1 is 1.00 bits per heavy atom. The van der Waals surface area contributed by atoms with Gasteiger partial charge < -0.3 is 45.1 Å². The number of ether oxygens (including phenoxy) is 4. The summed E-state index contributed by atoms with van der Waals surface area (Å²) >= 11 is 6.50. The first-order valence-corrected chi connectivity index (χ1v) is 14.5. The lowest BCUT2D eigenvalue weighted by Crippen LogP contribution is -2.56. The van der Waals surface area contributed by atoms with Crippen molar-refractivity contribution < 1.29 is 48.3 Å². The highest BCUT2D eigenvalue weighted by atomic mass is 35.5. The molecule has 4 rings (SSSR count). The number of nitrogens with one attached hydrogen (secondary N) is 3. The van der Waals surface area contributed by atoms with Crippen LogP contribution in [-0.4, -0.2) is 64.5 Å². The Balaban J connectivity index is 2.23. The molecule has 0 aromatic heterocycles. The molecular weight excluding hydrogens is 624 g/mol. The van der Waals surface area contributed by atoms with Gasteiger partial charge in [-0.1, -0.05) is 17.7 Å². The molecule has 0 aliphatic carbocycles. The number of hydrogen-bond donors (Lipinski definition) is 5. The molecule has 5 N–H and O–H groups in total. The van der Waals surface area contributed by atoms with Crippen LogP contribution in [0.15, 0.2) is 30.3 Å². The van der Waals surface area contributed by atoms with Crippen molar-refractivity contribution in [3.8, 4) is 29.1 Å². The number of benzene rings is 2. The number of hydrogen-bond acceptors (Lipinski definition) is 11. The highest BCUT2D eigenvalue weighted by molar-refractivity contribution is 6.32. The summed E-state index contributed by atoms with van der Waals surface area (Å²) in [6, 6.07) is 3.37. The van der Waals surface area contributed by atoms with E-state index in [0.717, 1.165) is 6.07 Å². The number of rotatable bonds is 4. The molecule has 2 aliphatic heterocycles. The second-order valence-electron chi connectivity index (χ2n) is 12.3. The van der Waals surface area contributed by atoms with Crippen LogP contribution in [0.4, 0.5) is 4.79 Å². The highest BCUT2D eigenvalue weighted by Crippen LogP contribution is 2.43. The van der Waals surface area contributed by atoms with Crippen LogP contribution in [0, 0.1) is 11.3 Å². The molecule has 0 fully saturated rings. The van der Waals surface area contributed by atoms with E-state index in [0.29, 0.717) is 0 Å². The molecule has 14 nitrogen and oxygen atoms in total. The first-order valence-electron chi connectivity index (χ1n) is 14.1. The second-order valence-corrected chi connectivity index (χ2v) is 12.7. The van der Waals surface area contributed by atoms with Crippen LogP contribution in [0.25, 0.3) is 0 Å². The van der Waals surface area contributed by atoms with Gasteiger partial charge in [-0.2, -0.15) is 5.26 Å². The number of amides is 3. The summed E-state index contributed by atoms with van der Waals surface area (Å²) in [5.41, 5.74) is -1.90. The number of aliphatic hydroxyl groups excluding tert-OH is 1. The fourth-order valence-electron chi connectivity index (χ4n) is 4.32. The summed E-state index contributed by atoms with van der Waals surface area (Å²) in [4.78, 5) is 53.3. The molecular formula is C31H37ClN4O10. The van der Waals surface area contributed by atoms with E-state index in [4.69, 9.17) is 30.5 Å². The molecule has 46 heavy (non-hydrogen) atoms.